The molecule has 3 fully saturated rings. The van der Waals surface area contributed by atoms with Gasteiger partial charge in [-0.15, -0.1) is 0 Å². The molecule has 2 aliphatic heterocycles. The highest BCUT2D eigenvalue weighted by atomic mass is 32.2. The molecule has 3 aliphatic rings. The van der Waals surface area contributed by atoms with Crippen molar-refractivity contribution in [3.05, 3.63) is 30.3 Å². The van der Waals surface area contributed by atoms with E-state index >= 15 is 0 Å². The standard InChI is InChI=1S/C17H22N2O3S/c20-17-10-18(13-6-4-5-7-13)15-11-23(21,22)12-16(15)19(17)14-8-2-1-3-9-14/h1-3,8-9,13,15-16H,4-7,10-12H2/t15-,16-/m0/s1. The van der Waals surface area contributed by atoms with Gasteiger partial charge in [0.25, 0.3) is 0 Å². The van der Waals surface area contributed by atoms with Gasteiger partial charge in [0.15, 0.2) is 9.84 Å². The van der Waals surface area contributed by atoms with E-state index in [4.69, 9.17) is 0 Å². The number of benzene rings is 1. The van der Waals surface area contributed by atoms with E-state index in [1.165, 1.54) is 12.8 Å². The van der Waals surface area contributed by atoms with E-state index < -0.39 is 9.84 Å². The van der Waals surface area contributed by atoms with Crippen molar-refractivity contribution in [3.63, 3.8) is 0 Å². The van der Waals surface area contributed by atoms with E-state index in [0.29, 0.717) is 12.6 Å². The molecule has 1 saturated carbocycles. The largest absolute Gasteiger partial charge is 0.306 e. The van der Waals surface area contributed by atoms with Crippen molar-refractivity contribution in [2.24, 2.45) is 0 Å². The Morgan fingerprint density at radius 3 is 2.30 bits per heavy atom. The Labute approximate surface area is 137 Å². The first-order valence-corrected chi connectivity index (χ1v) is 10.2. The van der Waals surface area contributed by atoms with E-state index in [0.717, 1.165) is 18.5 Å². The normalized spacial score (nSPS) is 31.5. The van der Waals surface area contributed by atoms with E-state index in [1.807, 2.05) is 30.3 Å². The third kappa shape index (κ3) is 2.68. The van der Waals surface area contributed by atoms with Crippen LogP contribution in [0, 0.1) is 0 Å². The molecule has 0 aromatic heterocycles. The molecule has 0 N–H and O–H groups in total. The minimum absolute atomic E-state index is 0.0291. The molecule has 1 aromatic rings. The fourth-order valence-electron chi connectivity index (χ4n) is 4.47. The summed E-state index contributed by atoms with van der Waals surface area (Å²) in [6.07, 6.45) is 4.54. The van der Waals surface area contributed by atoms with Crippen LogP contribution in [0.4, 0.5) is 5.69 Å². The van der Waals surface area contributed by atoms with Gasteiger partial charge in [-0.2, -0.15) is 0 Å². The zero-order valence-electron chi connectivity index (χ0n) is 13.1. The molecule has 4 rings (SSSR count). The van der Waals surface area contributed by atoms with Gasteiger partial charge in [0.05, 0.1) is 24.1 Å². The SMILES string of the molecule is O=C1CN(C2CCCC2)[C@H]2CS(=O)(=O)C[C@@H]2N1c1ccccc1. The summed E-state index contributed by atoms with van der Waals surface area (Å²) in [5.41, 5.74) is 0.815. The third-order valence-electron chi connectivity index (χ3n) is 5.47. The number of piperazine rings is 1. The molecular formula is C17H22N2O3S. The fraction of sp³-hybridized carbons (Fsp3) is 0.588. The predicted molar refractivity (Wildman–Crippen MR) is 89.1 cm³/mol. The molecule has 1 aliphatic carbocycles. The molecule has 0 bridgehead atoms. The summed E-state index contributed by atoms with van der Waals surface area (Å²) in [5.74, 6) is 0.299. The molecule has 2 atom stereocenters. The van der Waals surface area contributed by atoms with E-state index in [2.05, 4.69) is 4.90 Å². The lowest BCUT2D eigenvalue weighted by atomic mass is 10.00. The molecule has 0 spiro atoms. The highest BCUT2D eigenvalue weighted by molar-refractivity contribution is 7.91. The summed E-state index contributed by atoms with van der Waals surface area (Å²) < 4.78 is 24.6. The van der Waals surface area contributed by atoms with E-state index in [9.17, 15) is 13.2 Å². The monoisotopic (exact) mass is 334 g/mol. The van der Waals surface area contributed by atoms with Crippen molar-refractivity contribution in [3.8, 4) is 0 Å². The van der Waals surface area contributed by atoms with Crippen LogP contribution in [0.25, 0.3) is 0 Å². The number of hydrogen-bond acceptors (Lipinski definition) is 4. The van der Waals surface area contributed by atoms with Crippen LogP contribution < -0.4 is 4.90 Å². The number of amides is 1. The predicted octanol–water partition coefficient (Wildman–Crippen LogP) is 1.44. The van der Waals surface area contributed by atoms with Gasteiger partial charge in [-0.3, -0.25) is 9.69 Å². The Balaban J connectivity index is 1.70. The van der Waals surface area contributed by atoms with Crippen LogP contribution in [0.5, 0.6) is 0 Å². The highest BCUT2D eigenvalue weighted by Gasteiger charge is 2.51. The van der Waals surface area contributed by atoms with Gasteiger partial charge >= 0.3 is 0 Å². The minimum atomic E-state index is -3.09. The zero-order valence-corrected chi connectivity index (χ0v) is 13.9. The molecule has 0 radical (unpaired) electrons. The molecule has 23 heavy (non-hydrogen) atoms. The molecular weight excluding hydrogens is 312 g/mol. The van der Waals surface area contributed by atoms with Crippen LogP contribution in [0.15, 0.2) is 30.3 Å². The van der Waals surface area contributed by atoms with Crippen molar-refractivity contribution in [2.75, 3.05) is 23.0 Å². The zero-order chi connectivity index (χ0) is 16.0. The number of carbonyl (C=O) groups excluding carboxylic acids is 1. The smallest absolute Gasteiger partial charge is 0.241 e. The quantitative estimate of drug-likeness (QED) is 0.821. The van der Waals surface area contributed by atoms with Crippen LogP contribution in [0.3, 0.4) is 0 Å². The van der Waals surface area contributed by atoms with Crippen molar-refractivity contribution < 1.29 is 13.2 Å². The Morgan fingerprint density at radius 1 is 0.957 bits per heavy atom. The molecule has 2 heterocycles. The van der Waals surface area contributed by atoms with Crippen LogP contribution in [0.2, 0.25) is 0 Å². The van der Waals surface area contributed by atoms with E-state index in [-0.39, 0.29) is 29.5 Å². The van der Waals surface area contributed by atoms with Crippen molar-refractivity contribution in [1.29, 1.82) is 0 Å². The van der Waals surface area contributed by atoms with Gasteiger partial charge in [0.2, 0.25) is 5.91 Å². The lowest BCUT2D eigenvalue weighted by Crippen LogP contribution is -2.64. The first-order chi connectivity index (χ1) is 11.1. The maximum atomic E-state index is 12.8. The van der Waals surface area contributed by atoms with Gasteiger partial charge in [-0.1, -0.05) is 31.0 Å². The lowest BCUT2D eigenvalue weighted by Gasteiger charge is -2.45. The molecule has 5 nitrogen and oxygen atoms in total. The second-order valence-electron chi connectivity index (χ2n) is 6.92. The average Bonchev–Trinajstić information content (AvgIpc) is 3.14. The van der Waals surface area contributed by atoms with Gasteiger partial charge in [0, 0.05) is 17.8 Å². The summed E-state index contributed by atoms with van der Waals surface area (Å²) in [4.78, 5) is 16.7. The molecule has 124 valence electrons. The molecule has 2 saturated heterocycles. The number of para-hydroxylation sites is 1. The van der Waals surface area contributed by atoms with Crippen LogP contribution in [-0.4, -0.2) is 55.4 Å². The summed E-state index contributed by atoms with van der Waals surface area (Å²) >= 11 is 0. The summed E-state index contributed by atoms with van der Waals surface area (Å²) in [7, 11) is -3.09. The number of nitrogens with zero attached hydrogens (tertiary/aromatic N) is 2. The minimum Gasteiger partial charge on any atom is -0.306 e. The number of anilines is 1. The third-order valence-corrected chi connectivity index (χ3v) is 7.16. The molecule has 6 heteroatoms. The summed E-state index contributed by atoms with van der Waals surface area (Å²) in [6.45, 7) is 0.343. The number of rotatable bonds is 2. The van der Waals surface area contributed by atoms with Gasteiger partial charge < -0.3 is 4.90 Å². The number of carbonyl (C=O) groups is 1. The number of hydrogen-bond donors (Lipinski definition) is 0. The van der Waals surface area contributed by atoms with Crippen molar-refractivity contribution in [1.82, 2.24) is 4.90 Å². The van der Waals surface area contributed by atoms with Crippen LogP contribution in [-0.2, 0) is 14.6 Å². The maximum Gasteiger partial charge on any atom is 0.241 e. The molecule has 0 unspecified atom stereocenters. The Hall–Kier alpha value is -1.40. The number of sulfone groups is 1. The number of fused-ring (bicyclic) bond motifs is 1. The average molecular weight is 334 g/mol. The second kappa shape index (κ2) is 5.60. The lowest BCUT2D eigenvalue weighted by molar-refractivity contribution is -0.124. The Bertz CT molecular complexity index is 698. The van der Waals surface area contributed by atoms with Crippen molar-refractivity contribution >= 4 is 21.4 Å². The fourth-order valence-corrected chi connectivity index (χ4v) is 6.43. The van der Waals surface area contributed by atoms with Crippen LogP contribution in [0.1, 0.15) is 25.7 Å². The first kappa shape index (κ1) is 15.1. The maximum absolute atomic E-state index is 12.8. The van der Waals surface area contributed by atoms with Crippen molar-refractivity contribution in [2.45, 2.75) is 43.8 Å². The summed E-state index contributed by atoms with van der Waals surface area (Å²) in [5, 5.41) is 0. The van der Waals surface area contributed by atoms with Crippen LogP contribution >= 0.6 is 0 Å². The Morgan fingerprint density at radius 2 is 1.61 bits per heavy atom. The first-order valence-electron chi connectivity index (χ1n) is 8.38. The van der Waals surface area contributed by atoms with Gasteiger partial charge in [0.1, 0.15) is 0 Å². The molecule has 1 amide bonds. The summed E-state index contributed by atoms with van der Waals surface area (Å²) in [6, 6.07) is 9.56. The second-order valence-corrected chi connectivity index (χ2v) is 9.08. The van der Waals surface area contributed by atoms with E-state index in [1.54, 1.807) is 4.90 Å². The Kier molecular flexibility index (Phi) is 3.69. The van der Waals surface area contributed by atoms with Gasteiger partial charge in [-0.25, -0.2) is 8.42 Å². The van der Waals surface area contributed by atoms with Gasteiger partial charge in [-0.05, 0) is 25.0 Å². The topological polar surface area (TPSA) is 57.7 Å². The highest BCUT2D eigenvalue weighted by Crippen LogP contribution is 2.35. The molecule has 1 aromatic carbocycles.